The van der Waals surface area contributed by atoms with Crippen LogP contribution in [0.4, 0.5) is 0 Å². The van der Waals surface area contributed by atoms with E-state index in [2.05, 4.69) is 24.8 Å². The molecule has 0 saturated heterocycles. The third kappa shape index (κ3) is 3.40. The summed E-state index contributed by atoms with van der Waals surface area (Å²) in [7, 11) is 0. The van der Waals surface area contributed by atoms with E-state index in [9.17, 15) is 4.79 Å². The normalized spacial score (nSPS) is 18.1. The fraction of sp³-hybridized carbons (Fsp3) is 0.588. The van der Waals surface area contributed by atoms with Gasteiger partial charge in [-0.3, -0.25) is 4.79 Å². The maximum absolute atomic E-state index is 11.3. The molecular weight excluding hydrogens is 248 g/mol. The number of amides is 1. The number of rotatable bonds is 6. The van der Waals surface area contributed by atoms with Gasteiger partial charge in [0.25, 0.3) is 0 Å². The van der Waals surface area contributed by atoms with Crippen LogP contribution in [0.15, 0.2) is 18.2 Å². The summed E-state index contributed by atoms with van der Waals surface area (Å²) in [5.74, 6) is -0.325. The van der Waals surface area contributed by atoms with Crippen LogP contribution in [0, 0.1) is 0 Å². The van der Waals surface area contributed by atoms with Crippen molar-refractivity contribution in [3.63, 3.8) is 0 Å². The van der Waals surface area contributed by atoms with Gasteiger partial charge < -0.3 is 10.6 Å². The van der Waals surface area contributed by atoms with Gasteiger partial charge in [0, 0.05) is 11.6 Å². The van der Waals surface area contributed by atoms with Crippen LogP contribution in [0.3, 0.4) is 0 Å². The van der Waals surface area contributed by atoms with Crippen LogP contribution < -0.4 is 5.73 Å². The molecule has 1 atom stereocenters. The summed E-state index contributed by atoms with van der Waals surface area (Å²) in [6.07, 6.45) is 5.79. The second-order valence-corrected chi connectivity index (χ2v) is 5.78. The number of hydrogen-bond acceptors (Lipinski definition) is 2. The van der Waals surface area contributed by atoms with Crippen molar-refractivity contribution in [2.45, 2.75) is 52.0 Å². The summed E-state index contributed by atoms with van der Waals surface area (Å²) >= 11 is 0. The summed E-state index contributed by atoms with van der Waals surface area (Å²) in [4.78, 5) is 13.9. The monoisotopic (exact) mass is 274 g/mol. The smallest absolute Gasteiger partial charge is 0.248 e. The minimum Gasteiger partial charge on any atom is -0.366 e. The van der Waals surface area contributed by atoms with E-state index in [0.717, 1.165) is 12.8 Å². The highest BCUT2D eigenvalue weighted by atomic mass is 16.1. The zero-order chi connectivity index (χ0) is 14.5. The average Bonchev–Trinajstić information content (AvgIpc) is 2.45. The Morgan fingerprint density at radius 1 is 1.25 bits per heavy atom. The zero-order valence-electron chi connectivity index (χ0n) is 12.7. The second kappa shape index (κ2) is 6.89. The van der Waals surface area contributed by atoms with Gasteiger partial charge in [-0.25, -0.2) is 0 Å². The first-order chi connectivity index (χ1) is 9.65. The van der Waals surface area contributed by atoms with E-state index in [1.165, 1.54) is 43.5 Å². The molecule has 3 nitrogen and oxygen atoms in total. The molecule has 1 aromatic rings. The van der Waals surface area contributed by atoms with Gasteiger partial charge >= 0.3 is 0 Å². The maximum Gasteiger partial charge on any atom is 0.248 e. The molecule has 110 valence electrons. The first-order valence-electron chi connectivity index (χ1n) is 7.81. The Kier molecular flexibility index (Phi) is 5.18. The van der Waals surface area contributed by atoms with E-state index in [4.69, 9.17) is 5.73 Å². The summed E-state index contributed by atoms with van der Waals surface area (Å²) in [6, 6.07) is 6.55. The molecule has 0 aliphatic heterocycles. The summed E-state index contributed by atoms with van der Waals surface area (Å²) in [6.45, 7) is 6.82. The molecule has 0 saturated carbocycles. The fourth-order valence-electron chi connectivity index (χ4n) is 3.25. The van der Waals surface area contributed by atoms with Crippen LogP contribution in [0.25, 0.3) is 0 Å². The number of nitrogens with zero attached hydrogens (tertiary/aromatic N) is 1. The predicted octanol–water partition coefficient (Wildman–Crippen LogP) is 2.76. The highest BCUT2D eigenvalue weighted by molar-refractivity contribution is 5.93. The number of hydrogen-bond donors (Lipinski definition) is 1. The number of primary amides is 1. The van der Waals surface area contributed by atoms with Gasteiger partial charge in [-0.05, 0) is 68.5 Å². The minimum atomic E-state index is -0.325. The number of aryl methyl sites for hydroxylation is 1. The average molecular weight is 274 g/mol. The molecule has 0 bridgehead atoms. The summed E-state index contributed by atoms with van der Waals surface area (Å²) in [5.41, 5.74) is 8.73. The molecule has 3 heteroatoms. The molecule has 1 aliphatic rings. The molecule has 20 heavy (non-hydrogen) atoms. The van der Waals surface area contributed by atoms with E-state index >= 15 is 0 Å². The Hall–Kier alpha value is -1.35. The molecule has 0 radical (unpaired) electrons. The van der Waals surface area contributed by atoms with Crippen LogP contribution in [0.2, 0.25) is 0 Å². The molecule has 0 fully saturated rings. The van der Waals surface area contributed by atoms with E-state index in [1.54, 1.807) is 0 Å². The molecule has 2 rings (SSSR count). The Morgan fingerprint density at radius 3 is 2.55 bits per heavy atom. The molecule has 0 heterocycles. The van der Waals surface area contributed by atoms with Gasteiger partial charge in [-0.15, -0.1) is 0 Å². The lowest BCUT2D eigenvalue weighted by Crippen LogP contribution is -2.40. The van der Waals surface area contributed by atoms with Crippen molar-refractivity contribution in [2.24, 2.45) is 5.73 Å². The van der Waals surface area contributed by atoms with Crippen molar-refractivity contribution in [3.05, 3.63) is 34.9 Å². The molecular formula is C17H26N2O. The molecule has 1 aliphatic carbocycles. The standard InChI is InChI=1S/C17H26N2O/c1-3-9-19(10-4-2)16-8-7-13-5-6-14(17(18)20)11-15(13)12-16/h5-6,11,16H,3-4,7-10,12H2,1-2H3,(H2,18,20)/t16-/m1/s1. The van der Waals surface area contributed by atoms with Crippen LogP contribution in [-0.4, -0.2) is 29.9 Å². The lowest BCUT2D eigenvalue weighted by atomic mass is 9.86. The molecule has 1 aromatic carbocycles. The third-order valence-corrected chi connectivity index (χ3v) is 4.23. The van der Waals surface area contributed by atoms with E-state index < -0.39 is 0 Å². The van der Waals surface area contributed by atoms with Gasteiger partial charge in [-0.1, -0.05) is 19.9 Å². The second-order valence-electron chi connectivity index (χ2n) is 5.78. The van der Waals surface area contributed by atoms with E-state index in [0.29, 0.717) is 11.6 Å². The van der Waals surface area contributed by atoms with Crippen LogP contribution in [-0.2, 0) is 12.8 Å². The lowest BCUT2D eigenvalue weighted by Gasteiger charge is -2.35. The van der Waals surface area contributed by atoms with Gasteiger partial charge in [-0.2, -0.15) is 0 Å². The van der Waals surface area contributed by atoms with Gasteiger partial charge in [0.05, 0.1) is 0 Å². The summed E-state index contributed by atoms with van der Waals surface area (Å²) < 4.78 is 0. The van der Waals surface area contributed by atoms with Crippen LogP contribution >= 0.6 is 0 Å². The number of fused-ring (bicyclic) bond motifs is 1. The lowest BCUT2D eigenvalue weighted by molar-refractivity contribution is 0.1000. The third-order valence-electron chi connectivity index (χ3n) is 4.23. The predicted molar refractivity (Wildman–Crippen MR) is 82.9 cm³/mol. The first-order valence-corrected chi connectivity index (χ1v) is 7.81. The number of carbonyl (C=O) groups excluding carboxylic acids is 1. The first kappa shape index (κ1) is 15.0. The van der Waals surface area contributed by atoms with Crippen molar-refractivity contribution in [2.75, 3.05) is 13.1 Å². The van der Waals surface area contributed by atoms with Crippen LogP contribution in [0.5, 0.6) is 0 Å². The molecule has 2 N–H and O–H groups in total. The van der Waals surface area contributed by atoms with Crippen LogP contribution in [0.1, 0.15) is 54.6 Å². The number of benzene rings is 1. The minimum absolute atomic E-state index is 0.325. The largest absolute Gasteiger partial charge is 0.366 e. The van der Waals surface area contributed by atoms with E-state index in [1.807, 2.05) is 12.1 Å². The zero-order valence-corrected chi connectivity index (χ0v) is 12.7. The van der Waals surface area contributed by atoms with Crippen molar-refractivity contribution in [1.82, 2.24) is 4.90 Å². The number of nitrogens with two attached hydrogens (primary N) is 1. The highest BCUT2D eigenvalue weighted by Crippen LogP contribution is 2.26. The van der Waals surface area contributed by atoms with Gasteiger partial charge in [0.1, 0.15) is 0 Å². The molecule has 0 spiro atoms. The van der Waals surface area contributed by atoms with E-state index in [-0.39, 0.29) is 5.91 Å². The summed E-state index contributed by atoms with van der Waals surface area (Å²) in [5, 5.41) is 0. The highest BCUT2D eigenvalue weighted by Gasteiger charge is 2.23. The van der Waals surface area contributed by atoms with Gasteiger partial charge in [0.15, 0.2) is 0 Å². The quantitative estimate of drug-likeness (QED) is 0.867. The van der Waals surface area contributed by atoms with Crippen molar-refractivity contribution in [1.29, 1.82) is 0 Å². The van der Waals surface area contributed by atoms with Gasteiger partial charge in [0.2, 0.25) is 5.91 Å². The Labute approximate surface area is 122 Å². The topological polar surface area (TPSA) is 46.3 Å². The fourth-order valence-corrected chi connectivity index (χ4v) is 3.25. The Bertz CT molecular complexity index is 464. The maximum atomic E-state index is 11.3. The molecule has 1 amide bonds. The molecule has 0 unspecified atom stereocenters. The Morgan fingerprint density at radius 2 is 1.95 bits per heavy atom. The van der Waals surface area contributed by atoms with Crippen molar-refractivity contribution < 1.29 is 4.79 Å². The SMILES string of the molecule is CCCN(CCC)[C@@H]1CCc2ccc(C(N)=O)cc2C1. The number of carbonyl (C=O) groups is 1. The Balaban J connectivity index is 2.15. The van der Waals surface area contributed by atoms with Crippen molar-refractivity contribution >= 4 is 5.91 Å². The molecule has 0 aromatic heterocycles. The van der Waals surface area contributed by atoms with Crippen molar-refractivity contribution in [3.8, 4) is 0 Å².